The van der Waals surface area contributed by atoms with Crippen molar-refractivity contribution in [3.8, 4) is 0 Å². The van der Waals surface area contributed by atoms with Gasteiger partial charge >= 0.3 is 12.0 Å². The summed E-state index contributed by atoms with van der Waals surface area (Å²) in [5.41, 5.74) is 2.00. The Morgan fingerprint density at radius 3 is 2.66 bits per heavy atom. The Hall–Kier alpha value is -3.55. The van der Waals surface area contributed by atoms with Crippen LogP contribution < -0.4 is 10.6 Å². The van der Waals surface area contributed by atoms with Gasteiger partial charge in [0, 0.05) is 18.4 Å². The minimum Gasteiger partial charge on any atom is -0.459 e. The number of carbonyl (C=O) groups is 3. The van der Waals surface area contributed by atoms with E-state index in [2.05, 4.69) is 10.6 Å². The standard InChI is InChI=1S/C21H23N3O5/c1-12(2)29-20(26)17-13(3)24(4)21(27)23-18(17)14-7-5-8-15(11-14)22-19(25)16-9-6-10-28-16/h5-12,18H,1-4H3,(H,22,25)(H,23,27)/t18-/m1/s1. The third-order valence-electron chi connectivity index (χ3n) is 4.54. The van der Waals surface area contributed by atoms with E-state index >= 15 is 0 Å². The molecule has 1 aromatic carbocycles. The van der Waals surface area contributed by atoms with E-state index in [1.165, 1.54) is 11.2 Å². The zero-order chi connectivity index (χ0) is 21.1. The predicted molar refractivity (Wildman–Crippen MR) is 106 cm³/mol. The van der Waals surface area contributed by atoms with Crippen LogP contribution in [0.1, 0.15) is 42.9 Å². The lowest BCUT2D eigenvalue weighted by molar-refractivity contribution is -0.143. The average Bonchev–Trinajstić information content (AvgIpc) is 3.20. The third kappa shape index (κ3) is 4.31. The SMILES string of the molecule is CC1=C(C(=O)OC(C)C)[C@@H](c2cccc(NC(=O)c3ccco3)c2)NC(=O)N1C. The van der Waals surface area contributed by atoms with E-state index in [-0.39, 0.29) is 17.9 Å². The van der Waals surface area contributed by atoms with E-state index in [1.54, 1.807) is 64.2 Å². The highest BCUT2D eigenvalue weighted by Crippen LogP contribution is 2.32. The lowest BCUT2D eigenvalue weighted by Gasteiger charge is -2.33. The number of benzene rings is 1. The normalized spacial score (nSPS) is 16.7. The molecule has 0 fully saturated rings. The van der Waals surface area contributed by atoms with Gasteiger partial charge in [-0.15, -0.1) is 0 Å². The first kappa shape index (κ1) is 20.2. The maximum absolute atomic E-state index is 12.7. The van der Waals surface area contributed by atoms with Crippen LogP contribution in [0.3, 0.4) is 0 Å². The van der Waals surface area contributed by atoms with Crippen LogP contribution in [0.15, 0.2) is 58.3 Å². The van der Waals surface area contributed by atoms with Crippen molar-refractivity contribution in [2.75, 3.05) is 12.4 Å². The molecule has 152 valence electrons. The Labute approximate surface area is 168 Å². The fourth-order valence-corrected chi connectivity index (χ4v) is 3.02. The molecule has 29 heavy (non-hydrogen) atoms. The van der Waals surface area contributed by atoms with Gasteiger partial charge in [-0.25, -0.2) is 9.59 Å². The summed E-state index contributed by atoms with van der Waals surface area (Å²) >= 11 is 0. The topological polar surface area (TPSA) is 101 Å². The summed E-state index contributed by atoms with van der Waals surface area (Å²) in [6, 6.07) is 9.07. The van der Waals surface area contributed by atoms with Crippen LogP contribution in [-0.2, 0) is 9.53 Å². The van der Waals surface area contributed by atoms with Crippen LogP contribution in [0.2, 0.25) is 0 Å². The van der Waals surface area contributed by atoms with Gasteiger partial charge in [-0.05, 0) is 50.6 Å². The van der Waals surface area contributed by atoms with E-state index < -0.39 is 17.9 Å². The molecule has 2 aromatic rings. The van der Waals surface area contributed by atoms with Gasteiger partial charge in [-0.2, -0.15) is 0 Å². The number of furan rings is 1. The molecule has 1 atom stereocenters. The Balaban J connectivity index is 1.93. The summed E-state index contributed by atoms with van der Waals surface area (Å²) in [7, 11) is 1.59. The molecule has 1 aromatic heterocycles. The predicted octanol–water partition coefficient (Wildman–Crippen LogP) is 3.45. The largest absolute Gasteiger partial charge is 0.459 e. The van der Waals surface area contributed by atoms with Crippen molar-refractivity contribution in [2.24, 2.45) is 0 Å². The molecule has 0 bridgehead atoms. The van der Waals surface area contributed by atoms with Crippen molar-refractivity contribution in [3.05, 3.63) is 65.3 Å². The first-order chi connectivity index (χ1) is 13.8. The Bertz CT molecular complexity index is 962. The van der Waals surface area contributed by atoms with Crippen LogP contribution in [0.5, 0.6) is 0 Å². The van der Waals surface area contributed by atoms with E-state index in [0.717, 1.165) is 0 Å². The van der Waals surface area contributed by atoms with Crippen molar-refractivity contribution in [1.82, 2.24) is 10.2 Å². The molecule has 0 saturated heterocycles. The molecule has 3 rings (SSSR count). The summed E-state index contributed by atoms with van der Waals surface area (Å²) in [5.74, 6) is -0.718. The molecule has 0 saturated carbocycles. The van der Waals surface area contributed by atoms with E-state index in [9.17, 15) is 14.4 Å². The molecule has 1 aliphatic rings. The van der Waals surface area contributed by atoms with Gasteiger partial charge in [0.05, 0.1) is 24.0 Å². The van der Waals surface area contributed by atoms with E-state index in [4.69, 9.17) is 9.15 Å². The van der Waals surface area contributed by atoms with Crippen LogP contribution in [0, 0.1) is 0 Å². The highest BCUT2D eigenvalue weighted by molar-refractivity contribution is 6.02. The number of amides is 3. The molecular formula is C21H23N3O5. The number of hydrogen-bond acceptors (Lipinski definition) is 5. The molecule has 2 N–H and O–H groups in total. The number of hydrogen-bond donors (Lipinski definition) is 2. The second kappa shape index (κ2) is 8.22. The molecule has 0 spiro atoms. The fourth-order valence-electron chi connectivity index (χ4n) is 3.02. The van der Waals surface area contributed by atoms with Gasteiger partial charge in [-0.3, -0.25) is 4.79 Å². The molecule has 0 unspecified atom stereocenters. The number of nitrogens with zero attached hydrogens (tertiary/aromatic N) is 1. The molecule has 1 aliphatic heterocycles. The van der Waals surface area contributed by atoms with Gasteiger partial charge in [0.2, 0.25) is 0 Å². The van der Waals surface area contributed by atoms with Crippen LogP contribution in [-0.4, -0.2) is 36.0 Å². The summed E-state index contributed by atoms with van der Waals surface area (Å²) in [6.07, 6.45) is 1.12. The third-order valence-corrected chi connectivity index (χ3v) is 4.54. The van der Waals surface area contributed by atoms with Crippen molar-refractivity contribution in [1.29, 1.82) is 0 Å². The molecular weight excluding hydrogens is 374 g/mol. The van der Waals surface area contributed by atoms with Crippen LogP contribution in [0.4, 0.5) is 10.5 Å². The summed E-state index contributed by atoms with van der Waals surface area (Å²) < 4.78 is 10.5. The van der Waals surface area contributed by atoms with Crippen molar-refractivity contribution in [2.45, 2.75) is 32.9 Å². The summed E-state index contributed by atoms with van der Waals surface area (Å²) in [4.78, 5) is 38.7. The van der Waals surface area contributed by atoms with Crippen molar-refractivity contribution in [3.63, 3.8) is 0 Å². The van der Waals surface area contributed by atoms with Gasteiger partial charge in [0.15, 0.2) is 5.76 Å². The summed E-state index contributed by atoms with van der Waals surface area (Å²) in [5, 5.41) is 5.57. The minimum atomic E-state index is -0.703. The van der Waals surface area contributed by atoms with Gasteiger partial charge in [0.25, 0.3) is 5.91 Å². The fraction of sp³-hybridized carbons (Fsp3) is 0.286. The number of ether oxygens (including phenoxy) is 1. The molecule has 0 radical (unpaired) electrons. The van der Waals surface area contributed by atoms with Crippen molar-refractivity contribution >= 4 is 23.6 Å². The van der Waals surface area contributed by atoms with Crippen LogP contribution >= 0.6 is 0 Å². The molecule has 8 heteroatoms. The second-order valence-corrected chi connectivity index (χ2v) is 6.95. The number of allylic oxidation sites excluding steroid dienone is 1. The van der Waals surface area contributed by atoms with Gasteiger partial charge < -0.3 is 24.7 Å². The Morgan fingerprint density at radius 2 is 2.00 bits per heavy atom. The van der Waals surface area contributed by atoms with Gasteiger partial charge in [0.1, 0.15) is 0 Å². The monoisotopic (exact) mass is 397 g/mol. The number of nitrogens with one attached hydrogen (secondary N) is 2. The maximum atomic E-state index is 12.7. The number of carbonyl (C=O) groups excluding carboxylic acids is 3. The molecule has 2 heterocycles. The number of urea groups is 1. The van der Waals surface area contributed by atoms with Crippen LogP contribution in [0.25, 0.3) is 0 Å². The Kier molecular flexibility index (Phi) is 5.72. The Morgan fingerprint density at radius 1 is 1.24 bits per heavy atom. The number of rotatable bonds is 5. The summed E-state index contributed by atoms with van der Waals surface area (Å²) in [6.45, 7) is 5.22. The maximum Gasteiger partial charge on any atom is 0.338 e. The zero-order valence-electron chi connectivity index (χ0n) is 16.7. The highest BCUT2D eigenvalue weighted by atomic mass is 16.5. The van der Waals surface area contributed by atoms with E-state index in [0.29, 0.717) is 22.5 Å². The molecule has 0 aliphatic carbocycles. The first-order valence-electron chi connectivity index (χ1n) is 9.18. The van der Waals surface area contributed by atoms with Gasteiger partial charge in [-0.1, -0.05) is 12.1 Å². The minimum absolute atomic E-state index is 0.180. The molecule has 3 amide bonds. The van der Waals surface area contributed by atoms with Crippen molar-refractivity contribution < 1.29 is 23.5 Å². The second-order valence-electron chi connectivity index (χ2n) is 6.95. The lowest BCUT2D eigenvalue weighted by Crippen LogP contribution is -2.46. The number of anilines is 1. The highest BCUT2D eigenvalue weighted by Gasteiger charge is 2.35. The first-order valence-corrected chi connectivity index (χ1v) is 9.18. The zero-order valence-corrected chi connectivity index (χ0v) is 16.7. The lowest BCUT2D eigenvalue weighted by atomic mass is 9.94. The quantitative estimate of drug-likeness (QED) is 0.753. The van der Waals surface area contributed by atoms with E-state index in [1.807, 2.05) is 0 Å². The number of esters is 1. The smallest absolute Gasteiger partial charge is 0.338 e. The average molecular weight is 397 g/mol. The molecule has 8 nitrogen and oxygen atoms in total.